The van der Waals surface area contributed by atoms with Gasteiger partial charge in [-0.15, -0.1) is 0 Å². The lowest BCUT2D eigenvalue weighted by molar-refractivity contribution is 0.414. The molecule has 27 heavy (non-hydrogen) atoms. The highest BCUT2D eigenvalue weighted by atomic mass is 32.2. The van der Waals surface area contributed by atoms with Gasteiger partial charge in [0.25, 0.3) is 10.0 Å². The maximum atomic E-state index is 14.3. The number of anilines is 1. The van der Waals surface area contributed by atoms with Crippen LogP contribution in [0.5, 0.6) is 5.75 Å². The number of nitrogens with one attached hydrogen (secondary N) is 1. The summed E-state index contributed by atoms with van der Waals surface area (Å²) < 4.78 is 47.1. The van der Waals surface area contributed by atoms with E-state index in [0.717, 1.165) is 5.56 Å². The number of rotatable bonds is 6. The number of ether oxygens (including phenoxy) is 1. The minimum absolute atomic E-state index is 0.0524. The van der Waals surface area contributed by atoms with Crippen molar-refractivity contribution in [3.05, 3.63) is 83.9 Å². The Hall–Kier alpha value is -3.19. The summed E-state index contributed by atoms with van der Waals surface area (Å²) >= 11 is 0. The monoisotopic (exact) mass is 384 g/mol. The topological polar surface area (TPSA) is 68.3 Å². The third kappa shape index (κ3) is 4.51. The molecule has 3 rings (SSSR count). The van der Waals surface area contributed by atoms with Gasteiger partial charge in [-0.3, -0.25) is 9.71 Å². The molecular weight excluding hydrogens is 367 g/mol. The van der Waals surface area contributed by atoms with Crippen LogP contribution in [-0.2, 0) is 10.0 Å². The second-order valence-corrected chi connectivity index (χ2v) is 7.28. The number of nitrogens with zero attached hydrogens (tertiary/aromatic N) is 1. The van der Waals surface area contributed by atoms with E-state index in [2.05, 4.69) is 9.71 Å². The van der Waals surface area contributed by atoms with Crippen molar-refractivity contribution in [2.24, 2.45) is 0 Å². The minimum atomic E-state index is -3.88. The van der Waals surface area contributed by atoms with Crippen LogP contribution in [0.1, 0.15) is 11.1 Å². The van der Waals surface area contributed by atoms with E-state index in [4.69, 9.17) is 4.74 Å². The van der Waals surface area contributed by atoms with Gasteiger partial charge in [-0.2, -0.15) is 0 Å². The molecular formula is C20H17FN2O3S. The van der Waals surface area contributed by atoms with Crippen LogP contribution in [0.15, 0.2) is 71.9 Å². The zero-order valence-corrected chi connectivity index (χ0v) is 15.3. The Balaban J connectivity index is 1.92. The first kappa shape index (κ1) is 18.6. The number of methoxy groups -OCH3 is 1. The summed E-state index contributed by atoms with van der Waals surface area (Å²) in [5.41, 5.74) is 1.11. The molecule has 0 aliphatic carbocycles. The van der Waals surface area contributed by atoms with Gasteiger partial charge in [0.1, 0.15) is 11.6 Å². The van der Waals surface area contributed by atoms with Gasteiger partial charge in [0.15, 0.2) is 0 Å². The number of benzene rings is 2. The van der Waals surface area contributed by atoms with Crippen molar-refractivity contribution in [1.82, 2.24) is 4.98 Å². The van der Waals surface area contributed by atoms with E-state index in [1.165, 1.54) is 43.5 Å². The zero-order chi connectivity index (χ0) is 19.3. The van der Waals surface area contributed by atoms with Gasteiger partial charge in [-0.05, 0) is 60.2 Å². The Kier molecular flexibility index (Phi) is 5.52. The van der Waals surface area contributed by atoms with Gasteiger partial charge < -0.3 is 4.74 Å². The molecule has 3 aromatic rings. The van der Waals surface area contributed by atoms with Crippen LogP contribution in [0.3, 0.4) is 0 Å². The van der Waals surface area contributed by atoms with E-state index in [9.17, 15) is 12.8 Å². The summed E-state index contributed by atoms with van der Waals surface area (Å²) in [6, 6.07) is 13.7. The van der Waals surface area contributed by atoms with Gasteiger partial charge in [0, 0.05) is 18.0 Å². The quantitative estimate of drug-likeness (QED) is 0.692. The number of hydrogen-bond donors (Lipinski definition) is 1. The van der Waals surface area contributed by atoms with E-state index >= 15 is 0 Å². The summed E-state index contributed by atoms with van der Waals surface area (Å²) in [6.07, 6.45) is 6.45. The van der Waals surface area contributed by atoms with Crippen LogP contribution >= 0.6 is 0 Å². The van der Waals surface area contributed by atoms with Crippen LogP contribution < -0.4 is 9.46 Å². The first-order valence-corrected chi connectivity index (χ1v) is 9.51. The molecule has 0 bridgehead atoms. The molecule has 5 nitrogen and oxygen atoms in total. The molecule has 2 aromatic carbocycles. The Bertz CT molecular complexity index is 1050. The number of sulfonamides is 1. The Morgan fingerprint density at radius 1 is 1.00 bits per heavy atom. The van der Waals surface area contributed by atoms with Crippen molar-refractivity contribution < 1.29 is 17.5 Å². The van der Waals surface area contributed by atoms with Gasteiger partial charge in [0.05, 0.1) is 17.7 Å². The highest BCUT2D eigenvalue weighted by Crippen LogP contribution is 2.25. The first-order valence-electron chi connectivity index (χ1n) is 8.03. The molecule has 0 atom stereocenters. The van der Waals surface area contributed by atoms with Crippen molar-refractivity contribution in [3.63, 3.8) is 0 Å². The van der Waals surface area contributed by atoms with E-state index < -0.39 is 15.8 Å². The highest BCUT2D eigenvalue weighted by Gasteiger charge is 2.17. The maximum Gasteiger partial charge on any atom is 0.261 e. The lowest BCUT2D eigenvalue weighted by Gasteiger charge is -2.12. The lowest BCUT2D eigenvalue weighted by Crippen LogP contribution is -2.14. The summed E-state index contributed by atoms with van der Waals surface area (Å²) in [4.78, 5) is 3.97. The largest absolute Gasteiger partial charge is 0.497 e. The number of hydrogen-bond acceptors (Lipinski definition) is 4. The second kappa shape index (κ2) is 8.01. The summed E-state index contributed by atoms with van der Waals surface area (Å²) in [5.74, 6) is 0.0101. The number of aromatic nitrogens is 1. The third-order valence-corrected chi connectivity index (χ3v) is 5.20. The van der Waals surface area contributed by atoms with E-state index in [1.807, 2.05) is 0 Å². The average Bonchev–Trinajstić information content (AvgIpc) is 2.68. The lowest BCUT2D eigenvalue weighted by atomic mass is 10.1. The highest BCUT2D eigenvalue weighted by molar-refractivity contribution is 7.92. The summed E-state index contributed by atoms with van der Waals surface area (Å²) in [6.45, 7) is 0. The normalized spacial score (nSPS) is 11.5. The molecule has 0 spiro atoms. The smallest absolute Gasteiger partial charge is 0.261 e. The van der Waals surface area contributed by atoms with Crippen molar-refractivity contribution in [2.45, 2.75) is 4.90 Å². The van der Waals surface area contributed by atoms with E-state index in [1.54, 1.807) is 42.7 Å². The molecule has 0 aliphatic heterocycles. The molecule has 7 heteroatoms. The minimum Gasteiger partial charge on any atom is -0.497 e. The Morgan fingerprint density at radius 2 is 1.70 bits per heavy atom. The fourth-order valence-electron chi connectivity index (χ4n) is 2.41. The summed E-state index contributed by atoms with van der Waals surface area (Å²) in [5, 5.41) is 0. The van der Waals surface area contributed by atoms with Crippen molar-refractivity contribution in [2.75, 3.05) is 11.8 Å². The number of pyridine rings is 1. The standard InChI is InChI=1S/C20H17FN2O3S/c1-26-16-6-8-17(9-7-16)27(24,25)23-20-4-2-3-19(21)18(20)10-5-15-11-13-22-14-12-15/h2-14,23H,1H3. The van der Waals surface area contributed by atoms with Gasteiger partial charge in [-0.25, -0.2) is 12.8 Å². The van der Waals surface area contributed by atoms with Gasteiger partial charge in [0.2, 0.25) is 0 Å². The fraction of sp³-hybridized carbons (Fsp3) is 0.0500. The first-order chi connectivity index (χ1) is 13.0. The third-order valence-electron chi connectivity index (χ3n) is 3.82. The number of halogens is 1. The average molecular weight is 384 g/mol. The SMILES string of the molecule is COc1ccc(S(=O)(=O)Nc2cccc(F)c2C=Cc2ccncc2)cc1. The zero-order valence-electron chi connectivity index (χ0n) is 14.5. The maximum absolute atomic E-state index is 14.3. The molecule has 0 fully saturated rings. The predicted molar refractivity (Wildman–Crippen MR) is 103 cm³/mol. The van der Waals surface area contributed by atoms with Crippen molar-refractivity contribution >= 4 is 27.9 Å². The van der Waals surface area contributed by atoms with Crippen LogP contribution in [0.4, 0.5) is 10.1 Å². The van der Waals surface area contributed by atoms with Crippen LogP contribution in [0.2, 0.25) is 0 Å². The van der Waals surface area contributed by atoms with E-state index in [-0.39, 0.29) is 16.1 Å². The molecule has 0 saturated carbocycles. The molecule has 0 radical (unpaired) electrons. The second-order valence-electron chi connectivity index (χ2n) is 5.60. The molecule has 0 aliphatic rings. The molecule has 1 N–H and O–H groups in total. The molecule has 1 heterocycles. The van der Waals surface area contributed by atoms with Crippen molar-refractivity contribution in [3.8, 4) is 5.75 Å². The van der Waals surface area contributed by atoms with Crippen LogP contribution in [0, 0.1) is 5.82 Å². The van der Waals surface area contributed by atoms with Crippen molar-refractivity contribution in [1.29, 1.82) is 0 Å². The molecule has 0 saturated heterocycles. The molecule has 0 unspecified atom stereocenters. The molecule has 138 valence electrons. The van der Waals surface area contributed by atoms with E-state index in [0.29, 0.717) is 5.75 Å². The Morgan fingerprint density at radius 3 is 2.37 bits per heavy atom. The van der Waals surface area contributed by atoms with Gasteiger partial charge >= 0.3 is 0 Å². The molecule has 1 aromatic heterocycles. The van der Waals surface area contributed by atoms with Gasteiger partial charge in [-0.1, -0.05) is 12.1 Å². The van der Waals surface area contributed by atoms with Crippen LogP contribution in [0.25, 0.3) is 12.2 Å². The fourth-order valence-corrected chi connectivity index (χ4v) is 3.49. The molecule has 0 amide bonds. The predicted octanol–water partition coefficient (Wildman–Crippen LogP) is 4.20. The van der Waals surface area contributed by atoms with Crippen LogP contribution in [-0.4, -0.2) is 20.5 Å². The summed E-state index contributed by atoms with van der Waals surface area (Å²) in [7, 11) is -2.38. The Labute approximate surface area is 157 Å².